The van der Waals surface area contributed by atoms with E-state index in [1.54, 1.807) is 42.5 Å². The van der Waals surface area contributed by atoms with Crippen molar-refractivity contribution in [1.29, 1.82) is 0 Å². The molecule has 0 atom stereocenters. The standard InChI is InChI=1S/C29H35N3O7S2/c1-23(2)24-8-10-25(11-9-24)32(41(36,37)27-6-4-3-5-7-27)22-29(33)30-16-19-39-26-12-14-28(15-13-26)40(34,35)31-17-20-38-21-18-31/h3-15,23H,16-22H2,1-2H3,(H,30,33). The molecule has 41 heavy (non-hydrogen) atoms. The van der Waals surface area contributed by atoms with Crippen LogP contribution in [0.5, 0.6) is 5.75 Å². The van der Waals surface area contributed by atoms with E-state index in [4.69, 9.17) is 9.47 Å². The third-order valence-electron chi connectivity index (χ3n) is 6.59. The first kappa shape index (κ1) is 30.5. The summed E-state index contributed by atoms with van der Waals surface area (Å²) >= 11 is 0. The average molecular weight is 602 g/mol. The first-order valence-electron chi connectivity index (χ1n) is 13.3. The van der Waals surface area contributed by atoms with E-state index in [0.29, 0.717) is 37.7 Å². The highest BCUT2D eigenvalue weighted by Gasteiger charge is 2.28. The number of nitrogens with zero attached hydrogens (tertiary/aromatic N) is 2. The number of rotatable bonds is 12. The molecule has 0 aromatic heterocycles. The van der Waals surface area contributed by atoms with Gasteiger partial charge in [0.15, 0.2) is 0 Å². The van der Waals surface area contributed by atoms with E-state index in [2.05, 4.69) is 5.32 Å². The van der Waals surface area contributed by atoms with Crippen molar-refractivity contribution in [2.45, 2.75) is 29.6 Å². The Hall–Kier alpha value is -3.45. The van der Waals surface area contributed by atoms with Crippen LogP contribution in [0.1, 0.15) is 25.3 Å². The lowest BCUT2D eigenvalue weighted by molar-refractivity contribution is -0.119. The second-order valence-electron chi connectivity index (χ2n) is 9.76. The second-order valence-corrected chi connectivity index (χ2v) is 13.6. The molecule has 10 nitrogen and oxygen atoms in total. The maximum Gasteiger partial charge on any atom is 0.264 e. The van der Waals surface area contributed by atoms with E-state index in [-0.39, 0.29) is 28.9 Å². The number of nitrogens with one attached hydrogen (secondary N) is 1. The van der Waals surface area contributed by atoms with Gasteiger partial charge < -0.3 is 14.8 Å². The molecule has 0 spiro atoms. The Morgan fingerprint density at radius 2 is 1.54 bits per heavy atom. The number of ether oxygens (including phenoxy) is 2. The molecular formula is C29H35N3O7S2. The highest BCUT2D eigenvalue weighted by Crippen LogP contribution is 2.26. The third kappa shape index (κ3) is 7.64. The Labute approximate surface area is 242 Å². The largest absolute Gasteiger partial charge is 0.492 e. The smallest absolute Gasteiger partial charge is 0.264 e. The molecule has 1 aliphatic heterocycles. The summed E-state index contributed by atoms with van der Waals surface area (Å²) in [6, 6.07) is 21.2. The Balaban J connectivity index is 1.36. The number of carbonyl (C=O) groups is 1. The molecule has 0 saturated carbocycles. The molecule has 0 unspecified atom stereocenters. The summed E-state index contributed by atoms with van der Waals surface area (Å²) in [5.74, 6) is 0.226. The molecule has 0 radical (unpaired) electrons. The molecule has 4 rings (SSSR count). The number of anilines is 1. The quantitative estimate of drug-likeness (QED) is 0.316. The molecule has 1 saturated heterocycles. The fraction of sp³-hybridized carbons (Fsp3) is 0.345. The van der Waals surface area contributed by atoms with Gasteiger partial charge in [-0.25, -0.2) is 16.8 Å². The molecule has 0 bridgehead atoms. The van der Waals surface area contributed by atoms with Crippen LogP contribution in [-0.4, -0.2) is 73.0 Å². The summed E-state index contributed by atoms with van der Waals surface area (Å²) in [6.07, 6.45) is 0. The second kappa shape index (κ2) is 13.5. The monoisotopic (exact) mass is 601 g/mol. The van der Waals surface area contributed by atoms with E-state index in [1.165, 1.54) is 28.6 Å². The van der Waals surface area contributed by atoms with Crippen molar-refractivity contribution in [1.82, 2.24) is 9.62 Å². The number of carbonyl (C=O) groups excluding carboxylic acids is 1. The minimum absolute atomic E-state index is 0.0863. The SMILES string of the molecule is CC(C)c1ccc(N(CC(=O)NCCOc2ccc(S(=O)(=O)N3CCOCC3)cc2)S(=O)(=O)c2ccccc2)cc1. The zero-order chi connectivity index (χ0) is 29.5. The summed E-state index contributed by atoms with van der Waals surface area (Å²) in [5, 5.41) is 2.70. The zero-order valence-corrected chi connectivity index (χ0v) is 24.7. The Bertz CT molecular complexity index is 1500. The van der Waals surface area contributed by atoms with Gasteiger partial charge in [-0.05, 0) is 60.0 Å². The zero-order valence-electron chi connectivity index (χ0n) is 23.1. The normalized spacial score (nSPS) is 14.5. The van der Waals surface area contributed by atoms with Gasteiger partial charge in [0, 0.05) is 13.1 Å². The molecule has 1 amide bonds. The predicted octanol–water partition coefficient (Wildman–Crippen LogP) is 3.22. The average Bonchev–Trinajstić information content (AvgIpc) is 2.99. The summed E-state index contributed by atoms with van der Waals surface area (Å²) in [5.41, 5.74) is 1.44. The summed E-state index contributed by atoms with van der Waals surface area (Å²) in [4.78, 5) is 13.1. The van der Waals surface area contributed by atoms with Crippen molar-refractivity contribution < 1.29 is 31.1 Å². The van der Waals surface area contributed by atoms with Crippen LogP contribution >= 0.6 is 0 Å². The van der Waals surface area contributed by atoms with E-state index < -0.39 is 32.5 Å². The van der Waals surface area contributed by atoms with Crippen LogP contribution in [0.4, 0.5) is 5.69 Å². The van der Waals surface area contributed by atoms with Gasteiger partial charge in [-0.15, -0.1) is 0 Å². The van der Waals surface area contributed by atoms with E-state index in [1.807, 2.05) is 26.0 Å². The van der Waals surface area contributed by atoms with Crippen LogP contribution in [0, 0.1) is 0 Å². The van der Waals surface area contributed by atoms with E-state index in [0.717, 1.165) is 9.87 Å². The minimum atomic E-state index is -4.00. The van der Waals surface area contributed by atoms with Gasteiger partial charge in [0.25, 0.3) is 10.0 Å². The molecule has 3 aromatic rings. The van der Waals surface area contributed by atoms with Crippen LogP contribution in [0.25, 0.3) is 0 Å². The van der Waals surface area contributed by atoms with E-state index >= 15 is 0 Å². The first-order valence-corrected chi connectivity index (χ1v) is 16.2. The van der Waals surface area contributed by atoms with Crippen molar-refractivity contribution >= 4 is 31.6 Å². The topological polar surface area (TPSA) is 122 Å². The van der Waals surface area contributed by atoms with Crippen LogP contribution < -0.4 is 14.4 Å². The number of hydrogen-bond acceptors (Lipinski definition) is 7. The van der Waals surface area contributed by atoms with Crippen molar-refractivity contribution in [3.8, 4) is 5.75 Å². The number of hydrogen-bond donors (Lipinski definition) is 1. The third-order valence-corrected chi connectivity index (χ3v) is 10.3. The fourth-order valence-corrected chi connectivity index (χ4v) is 7.10. The lowest BCUT2D eigenvalue weighted by Crippen LogP contribution is -2.41. The van der Waals surface area contributed by atoms with Crippen molar-refractivity contribution in [3.63, 3.8) is 0 Å². The molecule has 12 heteroatoms. The number of amides is 1. The van der Waals surface area contributed by atoms with Crippen LogP contribution in [0.15, 0.2) is 88.7 Å². The van der Waals surface area contributed by atoms with Gasteiger partial charge in [0.2, 0.25) is 15.9 Å². The first-order chi connectivity index (χ1) is 19.6. The number of morpholine rings is 1. The van der Waals surface area contributed by atoms with Gasteiger partial charge in [-0.3, -0.25) is 9.10 Å². The lowest BCUT2D eigenvalue weighted by atomic mass is 10.0. The Morgan fingerprint density at radius 1 is 0.902 bits per heavy atom. The molecule has 220 valence electrons. The molecular weight excluding hydrogens is 566 g/mol. The molecule has 0 aliphatic carbocycles. The van der Waals surface area contributed by atoms with Gasteiger partial charge in [-0.2, -0.15) is 4.31 Å². The molecule has 1 aliphatic rings. The number of sulfonamides is 2. The lowest BCUT2D eigenvalue weighted by Gasteiger charge is -2.26. The molecule has 1 fully saturated rings. The summed E-state index contributed by atoms with van der Waals surface area (Å²) < 4.78 is 65.8. The van der Waals surface area contributed by atoms with Gasteiger partial charge in [-0.1, -0.05) is 44.2 Å². The predicted molar refractivity (Wildman–Crippen MR) is 156 cm³/mol. The van der Waals surface area contributed by atoms with Gasteiger partial charge in [0.05, 0.1) is 35.2 Å². The Kier molecular flexibility index (Phi) is 10.0. The molecule has 3 aromatic carbocycles. The van der Waals surface area contributed by atoms with Crippen LogP contribution in [-0.2, 0) is 29.6 Å². The van der Waals surface area contributed by atoms with Crippen molar-refractivity contribution in [3.05, 3.63) is 84.4 Å². The maximum atomic E-state index is 13.5. The summed E-state index contributed by atoms with van der Waals surface area (Å²) in [6.45, 7) is 5.27. The van der Waals surface area contributed by atoms with Crippen LogP contribution in [0.3, 0.4) is 0 Å². The highest BCUT2D eigenvalue weighted by atomic mass is 32.2. The molecule has 1 heterocycles. The minimum Gasteiger partial charge on any atom is -0.492 e. The molecule has 1 N–H and O–H groups in total. The fourth-order valence-electron chi connectivity index (χ4n) is 4.25. The van der Waals surface area contributed by atoms with Crippen molar-refractivity contribution in [2.24, 2.45) is 0 Å². The van der Waals surface area contributed by atoms with Crippen molar-refractivity contribution in [2.75, 3.05) is 50.3 Å². The number of benzene rings is 3. The van der Waals surface area contributed by atoms with Crippen LogP contribution in [0.2, 0.25) is 0 Å². The highest BCUT2D eigenvalue weighted by molar-refractivity contribution is 7.92. The maximum absolute atomic E-state index is 13.5. The Morgan fingerprint density at radius 3 is 2.15 bits per heavy atom. The summed E-state index contributed by atoms with van der Waals surface area (Å²) in [7, 11) is -7.60. The van der Waals surface area contributed by atoms with E-state index in [9.17, 15) is 21.6 Å². The van der Waals surface area contributed by atoms with Gasteiger partial charge >= 0.3 is 0 Å². The van der Waals surface area contributed by atoms with Gasteiger partial charge in [0.1, 0.15) is 18.9 Å².